The van der Waals surface area contributed by atoms with Gasteiger partial charge in [0.2, 0.25) is 5.78 Å². The van der Waals surface area contributed by atoms with E-state index in [1.54, 1.807) is 0 Å². The number of nitrogens with two attached hydrogens (primary N) is 2. The molecule has 0 aliphatic rings. The largest absolute Gasteiger partial charge is 0.394 e. The lowest BCUT2D eigenvalue weighted by Crippen LogP contribution is -2.18. The van der Waals surface area contributed by atoms with Crippen LogP contribution < -0.4 is 11.5 Å². The van der Waals surface area contributed by atoms with Crippen molar-refractivity contribution < 1.29 is 39.9 Å². The normalized spacial score (nSPS) is 11.0. The van der Waals surface area contributed by atoms with E-state index >= 15 is 0 Å². The number of rotatable bonds is 2. The number of anilines is 2. The van der Waals surface area contributed by atoms with Crippen LogP contribution in [0.2, 0.25) is 0 Å². The van der Waals surface area contributed by atoms with Gasteiger partial charge in [-0.2, -0.15) is 0 Å². The van der Waals surface area contributed by atoms with E-state index in [-0.39, 0.29) is 0 Å². The van der Waals surface area contributed by atoms with Gasteiger partial charge in [-0.25, -0.2) is 35.1 Å². The Bertz CT molecular complexity index is 767. The van der Waals surface area contributed by atoms with Crippen molar-refractivity contribution in [1.29, 1.82) is 0 Å². The first-order valence-electron chi connectivity index (χ1n) is 5.79. The van der Waals surface area contributed by atoms with Gasteiger partial charge in [0.25, 0.3) is 0 Å². The summed E-state index contributed by atoms with van der Waals surface area (Å²) >= 11 is 0. The van der Waals surface area contributed by atoms with Crippen LogP contribution >= 0.6 is 0 Å². The Hall–Kier alpha value is -2.85. The first kappa shape index (κ1) is 17.5. The summed E-state index contributed by atoms with van der Waals surface area (Å²) in [7, 11) is 0. The van der Waals surface area contributed by atoms with Crippen molar-refractivity contribution >= 4 is 17.2 Å². The lowest BCUT2D eigenvalue weighted by atomic mass is 9.99. The second kappa shape index (κ2) is 5.65. The number of hydrogen-bond acceptors (Lipinski definition) is 3. The molecule has 0 heterocycles. The molecule has 0 bridgehead atoms. The Morgan fingerprint density at radius 3 is 0.917 bits per heavy atom. The first-order valence-corrected chi connectivity index (χ1v) is 5.79. The van der Waals surface area contributed by atoms with Crippen molar-refractivity contribution in [1.82, 2.24) is 0 Å². The van der Waals surface area contributed by atoms with Gasteiger partial charge in [-0.15, -0.1) is 0 Å². The smallest absolute Gasteiger partial charge is 0.205 e. The summed E-state index contributed by atoms with van der Waals surface area (Å²) in [5, 5.41) is 0. The fourth-order valence-electron chi connectivity index (χ4n) is 1.82. The molecule has 24 heavy (non-hydrogen) atoms. The zero-order chi connectivity index (χ0) is 18.5. The Labute approximate surface area is 127 Å². The van der Waals surface area contributed by atoms with Crippen molar-refractivity contribution in [2.45, 2.75) is 0 Å². The van der Waals surface area contributed by atoms with Gasteiger partial charge in [0.1, 0.15) is 22.5 Å². The van der Waals surface area contributed by atoms with Crippen LogP contribution in [0, 0.1) is 46.5 Å². The quantitative estimate of drug-likeness (QED) is 0.376. The third-order valence-electron chi connectivity index (χ3n) is 3.05. The minimum Gasteiger partial charge on any atom is -0.394 e. The fourth-order valence-corrected chi connectivity index (χ4v) is 1.82. The highest BCUT2D eigenvalue weighted by molar-refractivity contribution is 6.10. The average molecular weight is 356 g/mol. The molecule has 0 atom stereocenters. The molecular weight excluding hydrogens is 352 g/mol. The van der Waals surface area contributed by atoms with Crippen molar-refractivity contribution in [3.05, 3.63) is 57.7 Å². The molecule has 0 aromatic heterocycles. The molecule has 0 radical (unpaired) electrons. The van der Waals surface area contributed by atoms with E-state index in [4.69, 9.17) is 11.5 Å². The zero-order valence-corrected chi connectivity index (χ0v) is 11.1. The maximum Gasteiger partial charge on any atom is 0.205 e. The number of carbonyl (C=O) groups is 1. The zero-order valence-electron chi connectivity index (χ0n) is 11.1. The lowest BCUT2D eigenvalue weighted by molar-refractivity contribution is 0.101. The molecule has 2 aromatic carbocycles. The van der Waals surface area contributed by atoms with Gasteiger partial charge in [0.05, 0.1) is 0 Å². The van der Waals surface area contributed by atoms with Crippen LogP contribution in [0.15, 0.2) is 0 Å². The van der Waals surface area contributed by atoms with Crippen LogP contribution in [0.1, 0.15) is 15.9 Å². The molecule has 0 aliphatic carbocycles. The van der Waals surface area contributed by atoms with Crippen LogP contribution in [0.4, 0.5) is 46.5 Å². The Kier molecular flexibility index (Phi) is 4.12. The Morgan fingerprint density at radius 2 is 0.708 bits per heavy atom. The monoisotopic (exact) mass is 356 g/mol. The van der Waals surface area contributed by atoms with Crippen molar-refractivity contribution in [2.75, 3.05) is 11.5 Å². The summed E-state index contributed by atoms with van der Waals surface area (Å²) in [6.07, 6.45) is 0. The van der Waals surface area contributed by atoms with E-state index in [0.717, 1.165) is 0 Å². The minimum atomic E-state index is -2.40. The predicted octanol–water partition coefficient (Wildman–Crippen LogP) is 3.19. The molecule has 0 saturated heterocycles. The maximum absolute atomic E-state index is 13.6. The highest BCUT2D eigenvalue weighted by atomic mass is 19.2. The summed E-state index contributed by atoms with van der Waals surface area (Å²) in [5.74, 6) is -20.9. The highest BCUT2D eigenvalue weighted by Crippen LogP contribution is 2.31. The predicted molar refractivity (Wildman–Crippen MR) is 64.8 cm³/mol. The van der Waals surface area contributed by atoms with Crippen LogP contribution in [0.25, 0.3) is 0 Å². The topological polar surface area (TPSA) is 69.1 Å². The van der Waals surface area contributed by atoms with E-state index in [9.17, 15) is 39.9 Å². The summed E-state index contributed by atoms with van der Waals surface area (Å²) in [5.41, 5.74) is 1.85. The molecule has 0 fully saturated rings. The maximum atomic E-state index is 13.6. The van der Waals surface area contributed by atoms with E-state index < -0.39 is 74.8 Å². The van der Waals surface area contributed by atoms with E-state index in [1.807, 2.05) is 0 Å². The second-order valence-corrected chi connectivity index (χ2v) is 4.42. The third kappa shape index (κ3) is 2.23. The number of benzene rings is 2. The second-order valence-electron chi connectivity index (χ2n) is 4.42. The molecule has 0 unspecified atom stereocenters. The molecule has 0 aliphatic heterocycles. The number of halogens is 8. The van der Waals surface area contributed by atoms with Crippen LogP contribution in [-0.2, 0) is 0 Å². The van der Waals surface area contributed by atoms with E-state index in [1.165, 1.54) is 0 Å². The van der Waals surface area contributed by atoms with Crippen LogP contribution in [-0.4, -0.2) is 5.78 Å². The summed E-state index contributed by atoms with van der Waals surface area (Å²) in [4.78, 5) is 11.9. The summed E-state index contributed by atoms with van der Waals surface area (Å²) in [6, 6.07) is 0. The highest BCUT2D eigenvalue weighted by Gasteiger charge is 2.35. The standard InChI is InChI=1S/C13H4F8N2O/c14-3-1(4(15)8(19)11(22)7(3)18)13(24)2-5(16)9(20)12(23)10(21)6(2)17/h22-23H2. The first-order chi connectivity index (χ1) is 11.0. The molecule has 0 amide bonds. The molecule has 0 saturated carbocycles. The fraction of sp³-hybridized carbons (Fsp3) is 0. The molecule has 3 nitrogen and oxygen atoms in total. The van der Waals surface area contributed by atoms with E-state index in [0.29, 0.717) is 0 Å². The molecule has 128 valence electrons. The number of hydrogen-bond donors (Lipinski definition) is 2. The lowest BCUT2D eigenvalue weighted by Gasteiger charge is -2.11. The summed E-state index contributed by atoms with van der Waals surface area (Å²) < 4.78 is 108. The van der Waals surface area contributed by atoms with Crippen molar-refractivity contribution in [2.24, 2.45) is 0 Å². The molecule has 2 aromatic rings. The van der Waals surface area contributed by atoms with Gasteiger partial charge in [-0.1, -0.05) is 0 Å². The molecule has 2 rings (SSSR count). The molecule has 4 N–H and O–H groups in total. The molecule has 11 heteroatoms. The van der Waals surface area contributed by atoms with Gasteiger partial charge in [-0.05, 0) is 0 Å². The van der Waals surface area contributed by atoms with Gasteiger partial charge in [-0.3, -0.25) is 4.79 Å². The Morgan fingerprint density at radius 1 is 0.500 bits per heavy atom. The van der Waals surface area contributed by atoms with Crippen LogP contribution in [0.3, 0.4) is 0 Å². The van der Waals surface area contributed by atoms with Gasteiger partial charge in [0.15, 0.2) is 46.5 Å². The van der Waals surface area contributed by atoms with Gasteiger partial charge >= 0.3 is 0 Å². The van der Waals surface area contributed by atoms with Gasteiger partial charge in [0, 0.05) is 0 Å². The summed E-state index contributed by atoms with van der Waals surface area (Å²) in [6.45, 7) is 0. The SMILES string of the molecule is Nc1c(F)c(F)c(C(=O)c2c(F)c(F)c(N)c(F)c2F)c(F)c1F. The van der Waals surface area contributed by atoms with Crippen molar-refractivity contribution in [3.63, 3.8) is 0 Å². The third-order valence-corrected chi connectivity index (χ3v) is 3.05. The molecular formula is C13H4F8N2O. The Balaban J connectivity index is 2.87. The van der Waals surface area contributed by atoms with Crippen molar-refractivity contribution in [3.8, 4) is 0 Å². The number of carbonyl (C=O) groups excluding carboxylic acids is 1. The van der Waals surface area contributed by atoms with E-state index in [2.05, 4.69) is 0 Å². The number of nitrogen functional groups attached to an aromatic ring is 2. The average Bonchev–Trinajstić information content (AvgIpc) is 2.55. The van der Waals surface area contributed by atoms with Crippen LogP contribution in [0.5, 0.6) is 0 Å². The number of ketones is 1. The van der Waals surface area contributed by atoms with Gasteiger partial charge < -0.3 is 11.5 Å². The molecule has 0 spiro atoms. The minimum absolute atomic E-state index is 1.64.